The Labute approximate surface area is 226 Å². The van der Waals surface area contributed by atoms with Gasteiger partial charge in [0.15, 0.2) is 11.5 Å². The van der Waals surface area contributed by atoms with Crippen LogP contribution in [-0.4, -0.2) is 59.0 Å². The van der Waals surface area contributed by atoms with E-state index in [2.05, 4.69) is 30.1 Å². The third kappa shape index (κ3) is 4.47. The van der Waals surface area contributed by atoms with Crippen LogP contribution in [0.2, 0.25) is 0 Å². The molecule has 40 heavy (non-hydrogen) atoms. The number of fused-ring (bicyclic) bond motifs is 2. The highest BCUT2D eigenvalue weighted by molar-refractivity contribution is 5.96. The summed E-state index contributed by atoms with van der Waals surface area (Å²) in [6, 6.07) is 10.5. The molecule has 1 aliphatic heterocycles. The Morgan fingerprint density at radius 1 is 0.975 bits per heavy atom. The van der Waals surface area contributed by atoms with Gasteiger partial charge in [0.05, 0.1) is 23.1 Å². The second-order valence-electron chi connectivity index (χ2n) is 10.2. The molecule has 7 rings (SSSR count). The van der Waals surface area contributed by atoms with Crippen molar-refractivity contribution in [1.29, 1.82) is 0 Å². The minimum atomic E-state index is -2.64. The van der Waals surface area contributed by atoms with Gasteiger partial charge in [0.25, 0.3) is 5.92 Å². The van der Waals surface area contributed by atoms with Crippen LogP contribution in [-0.2, 0) is 6.54 Å². The fourth-order valence-corrected chi connectivity index (χ4v) is 5.31. The van der Waals surface area contributed by atoms with Crippen LogP contribution in [0.1, 0.15) is 17.5 Å². The highest BCUT2D eigenvalue weighted by atomic mass is 19.3. The quantitative estimate of drug-likeness (QED) is 0.282. The van der Waals surface area contributed by atoms with Gasteiger partial charge in [0.1, 0.15) is 17.0 Å². The van der Waals surface area contributed by atoms with Gasteiger partial charge in [0, 0.05) is 61.0 Å². The lowest BCUT2D eigenvalue weighted by Crippen LogP contribution is -2.24. The molecular weight excluding hydrogens is 517 g/mol. The standard InChI is InChI=1S/C29H23F3N8/c1-16-6-18(9-21(30)7-16)24-26-23(2-4-34-24)36-28(37-26)25-22-10-20(13-35-27(22)39-38-25)19-8-17(11-33-12-19)14-40-5-3-29(31,32)15-40/h2,4,6-13H,3,5,14-15H2,1H3,(H,36,37)(H,35,38,39). The van der Waals surface area contributed by atoms with Gasteiger partial charge in [-0.25, -0.2) is 23.1 Å². The number of hydrogen-bond acceptors (Lipinski definition) is 6. The van der Waals surface area contributed by atoms with Crippen molar-refractivity contribution in [3.63, 3.8) is 0 Å². The van der Waals surface area contributed by atoms with Crippen molar-refractivity contribution in [3.8, 4) is 33.9 Å². The lowest BCUT2D eigenvalue weighted by molar-refractivity contribution is 0.0115. The van der Waals surface area contributed by atoms with Crippen LogP contribution in [0.3, 0.4) is 0 Å². The number of aromatic nitrogens is 7. The van der Waals surface area contributed by atoms with Crippen LogP contribution in [0.5, 0.6) is 0 Å². The van der Waals surface area contributed by atoms with Crippen LogP contribution in [0.15, 0.2) is 61.2 Å². The maximum absolute atomic E-state index is 14.1. The second kappa shape index (κ2) is 9.23. The number of likely N-dealkylation sites (tertiary alicyclic amines) is 1. The zero-order valence-corrected chi connectivity index (χ0v) is 21.4. The minimum absolute atomic E-state index is 0.120. The molecule has 0 amide bonds. The van der Waals surface area contributed by atoms with Gasteiger partial charge in [-0.05, 0) is 54.4 Å². The van der Waals surface area contributed by atoms with Gasteiger partial charge >= 0.3 is 0 Å². The van der Waals surface area contributed by atoms with E-state index in [0.29, 0.717) is 47.0 Å². The molecule has 0 atom stereocenters. The van der Waals surface area contributed by atoms with Crippen LogP contribution < -0.4 is 0 Å². The maximum atomic E-state index is 14.1. The predicted molar refractivity (Wildman–Crippen MR) is 145 cm³/mol. The van der Waals surface area contributed by atoms with Gasteiger partial charge in [0.2, 0.25) is 0 Å². The SMILES string of the molecule is Cc1cc(F)cc(-c2nccc3[nH]c(-c4n[nH]c5ncc(-c6cncc(CN7CCC(F)(F)C7)c6)cc45)nc23)c1. The average Bonchev–Trinajstić information content (AvgIpc) is 3.63. The molecule has 1 saturated heterocycles. The lowest BCUT2D eigenvalue weighted by Gasteiger charge is -2.15. The van der Waals surface area contributed by atoms with Crippen molar-refractivity contribution >= 4 is 22.1 Å². The molecule has 0 radical (unpaired) electrons. The summed E-state index contributed by atoms with van der Waals surface area (Å²) in [5.74, 6) is -2.45. The molecule has 200 valence electrons. The maximum Gasteiger partial charge on any atom is 0.261 e. The fourth-order valence-electron chi connectivity index (χ4n) is 5.31. The van der Waals surface area contributed by atoms with Gasteiger partial charge in [-0.2, -0.15) is 5.10 Å². The first-order chi connectivity index (χ1) is 19.3. The number of aromatic amines is 2. The van der Waals surface area contributed by atoms with E-state index in [1.54, 1.807) is 29.7 Å². The van der Waals surface area contributed by atoms with Crippen LogP contribution in [0.4, 0.5) is 13.2 Å². The Morgan fingerprint density at radius 3 is 2.67 bits per heavy atom. The number of pyridine rings is 3. The van der Waals surface area contributed by atoms with E-state index in [4.69, 9.17) is 4.98 Å². The van der Waals surface area contributed by atoms with Gasteiger partial charge in [-0.1, -0.05) is 0 Å². The monoisotopic (exact) mass is 540 g/mol. The van der Waals surface area contributed by atoms with E-state index in [9.17, 15) is 13.2 Å². The predicted octanol–water partition coefficient (Wildman–Crippen LogP) is 5.91. The zero-order chi connectivity index (χ0) is 27.4. The third-order valence-corrected chi connectivity index (χ3v) is 7.14. The van der Waals surface area contributed by atoms with Gasteiger partial charge in [-0.3, -0.25) is 20.0 Å². The number of nitrogens with zero attached hydrogens (tertiary/aromatic N) is 6. The summed E-state index contributed by atoms with van der Waals surface area (Å²) in [5.41, 5.74) is 6.99. The van der Waals surface area contributed by atoms with Crippen LogP contribution in [0.25, 0.3) is 56.0 Å². The summed E-state index contributed by atoms with van der Waals surface area (Å²) >= 11 is 0. The first kappa shape index (κ1) is 24.4. The number of aryl methyl sites for hydroxylation is 1. The summed E-state index contributed by atoms with van der Waals surface area (Å²) in [6.07, 6.45) is 6.69. The number of benzene rings is 1. The molecule has 1 aliphatic rings. The molecule has 0 saturated carbocycles. The molecule has 0 bridgehead atoms. The summed E-state index contributed by atoms with van der Waals surface area (Å²) in [4.78, 5) is 23.2. The Kier molecular flexibility index (Phi) is 5.63. The summed E-state index contributed by atoms with van der Waals surface area (Å²) in [5, 5.41) is 8.18. The summed E-state index contributed by atoms with van der Waals surface area (Å²) in [6.45, 7) is 2.36. The normalized spacial score (nSPS) is 15.4. The first-order valence-corrected chi connectivity index (χ1v) is 12.8. The van der Waals surface area contributed by atoms with Crippen LogP contribution >= 0.6 is 0 Å². The molecule has 0 aliphatic carbocycles. The second-order valence-corrected chi connectivity index (χ2v) is 10.2. The Morgan fingerprint density at radius 2 is 1.85 bits per heavy atom. The third-order valence-electron chi connectivity index (χ3n) is 7.14. The van der Waals surface area contributed by atoms with E-state index in [-0.39, 0.29) is 18.8 Å². The van der Waals surface area contributed by atoms with E-state index in [1.165, 1.54) is 12.1 Å². The van der Waals surface area contributed by atoms with E-state index < -0.39 is 5.92 Å². The van der Waals surface area contributed by atoms with Gasteiger partial charge in [-0.15, -0.1) is 0 Å². The molecule has 6 aromatic rings. The number of hydrogen-bond donors (Lipinski definition) is 2. The molecule has 1 fully saturated rings. The Balaban J connectivity index is 1.25. The topological polar surface area (TPSA) is 99.3 Å². The van der Waals surface area contributed by atoms with E-state index in [1.807, 2.05) is 31.2 Å². The van der Waals surface area contributed by atoms with E-state index >= 15 is 0 Å². The van der Waals surface area contributed by atoms with Crippen molar-refractivity contribution in [2.45, 2.75) is 25.8 Å². The van der Waals surface area contributed by atoms with Crippen molar-refractivity contribution in [2.24, 2.45) is 0 Å². The molecule has 5 aromatic heterocycles. The molecule has 6 heterocycles. The molecule has 0 unspecified atom stereocenters. The summed E-state index contributed by atoms with van der Waals surface area (Å²) < 4.78 is 41.4. The zero-order valence-electron chi connectivity index (χ0n) is 21.4. The van der Waals surface area contributed by atoms with Gasteiger partial charge < -0.3 is 4.98 Å². The molecule has 11 heteroatoms. The number of rotatable bonds is 5. The lowest BCUT2D eigenvalue weighted by atomic mass is 10.1. The molecular formula is C29H23F3N8. The molecule has 1 aromatic carbocycles. The van der Waals surface area contributed by atoms with Crippen molar-refractivity contribution in [2.75, 3.05) is 13.1 Å². The summed E-state index contributed by atoms with van der Waals surface area (Å²) in [7, 11) is 0. The number of H-pyrrole nitrogens is 2. The largest absolute Gasteiger partial charge is 0.336 e. The Bertz CT molecular complexity index is 1870. The number of halogens is 3. The number of alkyl halides is 2. The molecule has 8 nitrogen and oxygen atoms in total. The fraction of sp³-hybridized carbons (Fsp3) is 0.207. The van der Waals surface area contributed by atoms with Crippen molar-refractivity contribution in [3.05, 3.63) is 78.1 Å². The van der Waals surface area contributed by atoms with E-state index in [0.717, 1.165) is 33.2 Å². The Hall–Kier alpha value is -4.64. The van der Waals surface area contributed by atoms with Crippen LogP contribution in [0, 0.1) is 12.7 Å². The van der Waals surface area contributed by atoms with Crippen molar-refractivity contribution in [1.82, 2.24) is 40.0 Å². The first-order valence-electron chi connectivity index (χ1n) is 12.8. The molecule has 2 N–H and O–H groups in total. The minimum Gasteiger partial charge on any atom is -0.336 e. The van der Waals surface area contributed by atoms with Crippen molar-refractivity contribution < 1.29 is 13.2 Å². The highest BCUT2D eigenvalue weighted by Crippen LogP contribution is 2.33. The smallest absolute Gasteiger partial charge is 0.261 e. The highest BCUT2D eigenvalue weighted by Gasteiger charge is 2.37. The number of imidazole rings is 1. The average molecular weight is 541 g/mol. The molecule has 0 spiro atoms. The number of nitrogens with one attached hydrogen (secondary N) is 2.